The Labute approximate surface area is 117 Å². The van der Waals surface area contributed by atoms with Crippen LogP contribution in [0.1, 0.15) is 12.8 Å². The van der Waals surface area contributed by atoms with E-state index in [1.165, 1.54) is 0 Å². The molecule has 2 amide bonds. The van der Waals surface area contributed by atoms with Crippen molar-refractivity contribution in [2.24, 2.45) is 7.05 Å². The van der Waals surface area contributed by atoms with Crippen LogP contribution in [0.2, 0.25) is 0 Å². The van der Waals surface area contributed by atoms with Gasteiger partial charge in [-0.15, -0.1) is 0 Å². The predicted molar refractivity (Wildman–Crippen MR) is 78.8 cm³/mol. The number of para-hydroxylation sites is 1. The maximum Gasteiger partial charge on any atom is 0.321 e. The summed E-state index contributed by atoms with van der Waals surface area (Å²) in [5.41, 5.74) is 1.93. The molecule has 0 saturated carbocycles. The standard InChI is InChI=1S/C15H19N3O2/c1-17-10-13(12-4-2-3-5-14(12)17)16-15(20)18-8-6-11(19)7-9-18/h2-5,10-11,19H,6-9H2,1H3,(H,16,20). The largest absolute Gasteiger partial charge is 0.393 e. The first kappa shape index (κ1) is 13.0. The molecule has 0 aliphatic carbocycles. The Morgan fingerprint density at radius 2 is 2.00 bits per heavy atom. The van der Waals surface area contributed by atoms with Gasteiger partial charge in [-0.05, 0) is 18.9 Å². The Morgan fingerprint density at radius 3 is 2.75 bits per heavy atom. The van der Waals surface area contributed by atoms with Gasteiger partial charge in [-0.2, -0.15) is 0 Å². The summed E-state index contributed by atoms with van der Waals surface area (Å²) in [4.78, 5) is 14.0. The van der Waals surface area contributed by atoms with Crippen molar-refractivity contribution < 1.29 is 9.90 Å². The van der Waals surface area contributed by atoms with E-state index in [0.717, 1.165) is 16.6 Å². The Bertz CT molecular complexity index is 627. The van der Waals surface area contributed by atoms with Gasteiger partial charge in [-0.25, -0.2) is 4.79 Å². The number of hydrogen-bond acceptors (Lipinski definition) is 2. The summed E-state index contributed by atoms with van der Waals surface area (Å²) < 4.78 is 2.00. The number of likely N-dealkylation sites (tertiary alicyclic amines) is 1. The van der Waals surface area contributed by atoms with E-state index in [0.29, 0.717) is 25.9 Å². The Balaban J connectivity index is 1.78. The number of carbonyl (C=O) groups is 1. The van der Waals surface area contributed by atoms with Gasteiger partial charge in [0.2, 0.25) is 0 Å². The molecule has 2 aromatic rings. The number of aryl methyl sites for hydroxylation is 1. The van der Waals surface area contributed by atoms with Gasteiger partial charge in [0, 0.05) is 37.2 Å². The smallest absolute Gasteiger partial charge is 0.321 e. The molecule has 5 nitrogen and oxygen atoms in total. The van der Waals surface area contributed by atoms with Crippen LogP contribution in [0.25, 0.3) is 10.9 Å². The maximum atomic E-state index is 12.3. The fourth-order valence-electron chi connectivity index (χ4n) is 2.70. The molecule has 0 spiro atoms. The van der Waals surface area contributed by atoms with Crippen LogP contribution in [0.3, 0.4) is 0 Å². The minimum absolute atomic E-state index is 0.0896. The molecule has 0 bridgehead atoms. The van der Waals surface area contributed by atoms with Crippen LogP contribution in [-0.2, 0) is 7.05 Å². The third-order valence-electron chi connectivity index (χ3n) is 3.89. The van der Waals surface area contributed by atoms with Gasteiger partial charge in [0.1, 0.15) is 0 Å². The van der Waals surface area contributed by atoms with Crippen LogP contribution in [-0.4, -0.2) is 39.8 Å². The Morgan fingerprint density at radius 1 is 1.30 bits per heavy atom. The highest BCUT2D eigenvalue weighted by atomic mass is 16.3. The number of urea groups is 1. The van der Waals surface area contributed by atoms with Crippen molar-refractivity contribution in [1.29, 1.82) is 0 Å². The summed E-state index contributed by atoms with van der Waals surface area (Å²) >= 11 is 0. The molecule has 1 aromatic heterocycles. The van der Waals surface area contributed by atoms with Crippen molar-refractivity contribution in [1.82, 2.24) is 9.47 Å². The number of aliphatic hydroxyl groups excluding tert-OH is 1. The lowest BCUT2D eigenvalue weighted by atomic mass is 10.1. The molecule has 1 aromatic carbocycles. The number of amides is 2. The third kappa shape index (κ3) is 2.36. The fourth-order valence-corrected chi connectivity index (χ4v) is 2.70. The first-order chi connectivity index (χ1) is 9.65. The fraction of sp³-hybridized carbons (Fsp3) is 0.400. The number of rotatable bonds is 1. The molecule has 2 heterocycles. The zero-order chi connectivity index (χ0) is 14.1. The summed E-state index contributed by atoms with van der Waals surface area (Å²) in [6.07, 6.45) is 2.98. The van der Waals surface area contributed by atoms with Crippen LogP contribution in [0.15, 0.2) is 30.5 Å². The summed E-state index contributed by atoms with van der Waals surface area (Å²) in [6, 6.07) is 7.90. The van der Waals surface area contributed by atoms with Gasteiger partial charge in [0.05, 0.1) is 11.8 Å². The van der Waals surface area contributed by atoms with Crippen LogP contribution in [0.5, 0.6) is 0 Å². The predicted octanol–water partition coefficient (Wildman–Crippen LogP) is 2.17. The van der Waals surface area contributed by atoms with E-state index in [2.05, 4.69) is 5.32 Å². The highest BCUT2D eigenvalue weighted by Crippen LogP contribution is 2.25. The molecule has 5 heteroatoms. The van der Waals surface area contributed by atoms with E-state index in [-0.39, 0.29) is 12.1 Å². The second kappa shape index (κ2) is 5.17. The molecule has 1 aliphatic heterocycles. The van der Waals surface area contributed by atoms with Gasteiger partial charge in [0.25, 0.3) is 0 Å². The van der Waals surface area contributed by atoms with E-state index in [4.69, 9.17) is 0 Å². The number of aromatic nitrogens is 1. The van der Waals surface area contributed by atoms with Gasteiger partial charge >= 0.3 is 6.03 Å². The van der Waals surface area contributed by atoms with Crippen molar-refractivity contribution in [3.05, 3.63) is 30.5 Å². The zero-order valence-electron chi connectivity index (χ0n) is 11.5. The molecular formula is C15H19N3O2. The molecule has 1 aliphatic rings. The summed E-state index contributed by atoms with van der Waals surface area (Å²) in [7, 11) is 1.97. The number of nitrogens with zero attached hydrogens (tertiary/aromatic N) is 2. The van der Waals surface area contributed by atoms with Crippen LogP contribution in [0.4, 0.5) is 10.5 Å². The highest BCUT2D eigenvalue weighted by molar-refractivity contribution is 6.01. The van der Waals surface area contributed by atoms with Gasteiger partial charge < -0.3 is 19.9 Å². The van der Waals surface area contributed by atoms with E-state index < -0.39 is 0 Å². The monoisotopic (exact) mass is 273 g/mol. The first-order valence-electron chi connectivity index (χ1n) is 6.93. The van der Waals surface area contributed by atoms with Crippen LogP contribution < -0.4 is 5.32 Å². The molecule has 2 N–H and O–H groups in total. The second-order valence-electron chi connectivity index (χ2n) is 5.32. The number of piperidine rings is 1. The summed E-state index contributed by atoms with van der Waals surface area (Å²) in [5, 5.41) is 13.5. The maximum absolute atomic E-state index is 12.3. The quantitative estimate of drug-likeness (QED) is 0.836. The minimum Gasteiger partial charge on any atom is -0.393 e. The third-order valence-corrected chi connectivity index (χ3v) is 3.89. The second-order valence-corrected chi connectivity index (χ2v) is 5.32. The Hall–Kier alpha value is -2.01. The first-order valence-corrected chi connectivity index (χ1v) is 6.93. The van der Waals surface area contributed by atoms with Crippen molar-refractivity contribution >= 4 is 22.6 Å². The summed E-state index contributed by atoms with van der Waals surface area (Å²) in [6.45, 7) is 1.22. The number of hydrogen-bond donors (Lipinski definition) is 2. The molecular weight excluding hydrogens is 254 g/mol. The van der Waals surface area contributed by atoms with Gasteiger partial charge in [-0.1, -0.05) is 18.2 Å². The van der Waals surface area contributed by atoms with Gasteiger partial charge in [0.15, 0.2) is 0 Å². The molecule has 0 unspecified atom stereocenters. The number of anilines is 1. The van der Waals surface area contributed by atoms with Crippen LogP contribution in [0, 0.1) is 0 Å². The van der Waals surface area contributed by atoms with Crippen molar-refractivity contribution in [2.75, 3.05) is 18.4 Å². The molecule has 0 atom stereocenters. The van der Waals surface area contributed by atoms with E-state index in [9.17, 15) is 9.90 Å². The Kier molecular flexibility index (Phi) is 3.36. The lowest BCUT2D eigenvalue weighted by Gasteiger charge is -2.29. The normalized spacial score (nSPS) is 16.6. The minimum atomic E-state index is -0.267. The van der Waals surface area contributed by atoms with Crippen molar-refractivity contribution in [3.8, 4) is 0 Å². The van der Waals surface area contributed by atoms with Crippen molar-refractivity contribution in [2.45, 2.75) is 18.9 Å². The van der Waals surface area contributed by atoms with E-state index in [1.807, 2.05) is 42.1 Å². The SMILES string of the molecule is Cn1cc(NC(=O)N2CCC(O)CC2)c2ccccc21. The lowest BCUT2D eigenvalue weighted by Crippen LogP contribution is -2.42. The molecule has 0 radical (unpaired) electrons. The number of fused-ring (bicyclic) bond motifs is 1. The highest BCUT2D eigenvalue weighted by Gasteiger charge is 2.21. The topological polar surface area (TPSA) is 57.5 Å². The molecule has 1 saturated heterocycles. The van der Waals surface area contributed by atoms with Gasteiger partial charge in [-0.3, -0.25) is 0 Å². The van der Waals surface area contributed by atoms with E-state index in [1.54, 1.807) is 4.90 Å². The molecule has 1 fully saturated rings. The summed E-state index contributed by atoms with van der Waals surface area (Å²) in [5.74, 6) is 0. The number of nitrogens with one attached hydrogen (secondary N) is 1. The van der Waals surface area contributed by atoms with Crippen molar-refractivity contribution in [3.63, 3.8) is 0 Å². The number of aliphatic hydroxyl groups is 1. The van der Waals surface area contributed by atoms with Crippen LogP contribution >= 0.6 is 0 Å². The zero-order valence-corrected chi connectivity index (χ0v) is 11.5. The number of benzene rings is 1. The molecule has 106 valence electrons. The van der Waals surface area contributed by atoms with E-state index >= 15 is 0 Å². The molecule has 3 rings (SSSR count). The lowest BCUT2D eigenvalue weighted by molar-refractivity contribution is 0.0972. The number of carbonyl (C=O) groups excluding carboxylic acids is 1. The molecule has 20 heavy (non-hydrogen) atoms. The average molecular weight is 273 g/mol. The average Bonchev–Trinajstić information content (AvgIpc) is 2.77.